The molecule has 1 saturated heterocycles. The number of benzene rings is 1. The van der Waals surface area contributed by atoms with E-state index < -0.39 is 10.0 Å². The van der Waals surface area contributed by atoms with Crippen molar-refractivity contribution >= 4 is 15.9 Å². The van der Waals surface area contributed by atoms with Crippen LogP contribution >= 0.6 is 0 Å². The van der Waals surface area contributed by atoms with Crippen LogP contribution in [0.2, 0.25) is 0 Å². The summed E-state index contributed by atoms with van der Waals surface area (Å²) < 4.78 is 32.5. The Labute approximate surface area is 192 Å². The number of nitrogens with one attached hydrogen (secondary N) is 1. The monoisotopic (exact) mass is 460 g/mol. The normalized spacial score (nSPS) is 32.7. The first-order chi connectivity index (χ1) is 15.4. The molecule has 1 N–H and O–H groups in total. The average molecular weight is 461 g/mol. The minimum absolute atomic E-state index is 0.0892. The Morgan fingerprint density at radius 3 is 2.12 bits per heavy atom. The zero-order valence-corrected chi connectivity index (χ0v) is 19.9. The van der Waals surface area contributed by atoms with E-state index in [1.165, 1.54) is 42.8 Å². The smallest absolute Gasteiger partial charge is 0.243 e. The molecule has 1 heterocycles. The van der Waals surface area contributed by atoms with Gasteiger partial charge in [-0.1, -0.05) is 0 Å². The Hall–Kier alpha value is -1.60. The molecule has 1 amide bonds. The fourth-order valence-electron chi connectivity index (χ4n) is 7.45. The highest BCUT2D eigenvalue weighted by Crippen LogP contribution is 2.61. The molecule has 6 rings (SSSR count). The van der Waals surface area contributed by atoms with Crippen LogP contribution in [0.5, 0.6) is 5.75 Å². The molecule has 4 bridgehead atoms. The van der Waals surface area contributed by atoms with Crippen molar-refractivity contribution in [2.45, 2.75) is 62.7 Å². The van der Waals surface area contributed by atoms with E-state index in [2.05, 4.69) is 5.32 Å². The summed E-state index contributed by atoms with van der Waals surface area (Å²) in [5.74, 6) is 3.47. The molecular formula is C25H36N2O4S. The van der Waals surface area contributed by atoms with Crippen LogP contribution in [0.1, 0.15) is 57.8 Å². The topological polar surface area (TPSA) is 75.7 Å². The van der Waals surface area contributed by atoms with Gasteiger partial charge in [-0.15, -0.1) is 0 Å². The van der Waals surface area contributed by atoms with Crippen molar-refractivity contribution in [1.82, 2.24) is 9.62 Å². The Balaban J connectivity index is 1.10. The van der Waals surface area contributed by atoms with Gasteiger partial charge in [0.2, 0.25) is 15.9 Å². The van der Waals surface area contributed by atoms with Crippen LogP contribution < -0.4 is 10.1 Å². The summed E-state index contributed by atoms with van der Waals surface area (Å²) in [6, 6.07) is 6.49. The highest BCUT2D eigenvalue weighted by Gasteiger charge is 2.50. The average Bonchev–Trinajstić information content (AvgIpc) is 2.78. The van der Waals surface area contributed by atoms with Crippen molar-refractivity contribution in [3.8, 4) is 5.75 Å². The number of hydrogen-bond acceptors (Lipinski definition) is 4. The number of carbonyl (C=O) groups excluding carboxylic acids is 1. The highest BCUT2D eigenvalue weighted by atomic mass is 32.2. The minimum atomic E-state index is -3.53. The molecule has 0 radical (unpaired) electrons. The van der Waals surface area contributed by atoms with Crippen molar-refractivity contribution in [3.05, 3.63) is 24.3 Å². The number of rotatable bonds is 7. The second-order valence-electron chi connectivity index (χ2n) is 10.8. The summed E-state index contributed by atoms with van der Waals surface area (Å²) in [5, 5.41) is 3.20. The molecule has 0 spiro atoms. The fourth-order valence-corrected chi connectivity index (χ4v) is 8.92. The quantitative estimate of drug-likeness (QED) is 0.671. The number of methoxy groups -OCH3 is 1. The molecule has 1 aromatic rings. The SMILES string of the molecule is COc1ccc(S(=O)(=O)N2CCC(C(=O)NCCC34CC5CC(CC(C5)C3)C4)CC2)cc1. The zero-order valence-electron chi connectivity index (χ0n) is 19.1. The van der Waals surface area contributed by atoms with E-state index in [1.54, 1.807) is 31.4 Å². The number of piperidine rings is 1. The first-order valence-electron chi connectivity index (χ1n) is 12.3. The largest absolute Gasteiger partial charge is 0.497 e. The van der Waals surface area contributed by atoms with E-state index >= 15 is 0 Å². The molecule has 0 aromatic heterocycles. The molecule has 4 aliphatic carbocycles. The number of hydrogen-bond donors (Lipinski definition) is 1. The lowest BCUT2D eigenvalue weighted by molar-refractivity contribution is -0.126. The van der Waals surface area contributed by atoms with Gasteiger partial charge in [0.1, 0.15) is 5.75 Å². The molecule has 7 heteroatoms. The molecule has 4 saturated carbocycles. The Bertz CT molecular complexity index is 900. The number of nitrogens with zero attached hydrogens (tertiary/aromatic N) is 1. The third-order valence-electron chi connectivity index (χ3n) is 8.64. The van der Waals surface area contributed by atoms with Crippen LogP contribution in [0, 0.1) is 29.1 Å². The van der Waals surface area contributed by atoms with Crippen molar-refractivity contribution in [3.63, 3.8) is 0 Å². The van der Waals surface area contributed by atoms with Crippen molar-refractivity contribution in [2.75, 3.05) is 26.7 Å². The number of carbonyl (C=O) groups is 1. The maximum atomic E-state index is 12.9. The molecule has 6 nitrogen and oxygen atoms in total. The van der Waals surface area contributed by atoms with Gasteiger partial charge >= 0.3 is 0 Å². The third-order valence-corrected chi connectivity index (χ3v) is 10.6. The molecule has 5 fully saturated rings. The van der Waals surface area contributed by atoms with Crippen molar-refractivity contribution in [1.29, 1.82) is 0 Å². The van der Waals surface area contributed by atoms with Gasteiger partial charge in [-0.05, 0) is 105 Å². The second-order valence-corrected chi connectivity index (χ2v) is 12.8. The van der Waals surface area contributed by atoms with Gasteiger partial charge in [-0.2, -0.15) is 4.31 Å². The Kier molecular flexibility index (Phi) is 5.99. The molecule has 1 aromatic carbocycles. The maximum Gasteiger partial charge on any atom is 0.243 e. The van der Waals surface area contributed by atoms with Gasteiger partial charge < -0.3 is 10.1 Å². The first kappa shape index (κ1) is 22.2. The minimum Gasteiger partial charge on any atom is -0.497 e. The van der Waals surface area contributed by atoms with Crippen molar-refractivity contribution in [2.24, 2.45) is 29.1 Å². The molecular weight excluding hydrogens is 424 g/mol. The summed E-state index contributed by atoms with van der Waals surface area (Å²) in [5.41, 5.74) is 0.484. The molecule has 176 valence electrons. The van der Waals surface area contributed by atoms with Gasteiger partial charge in [0.05, 0.1) is 12.0 Å². The van der Waals surface area contributed by atoms with E-state index in [1.807, 2.05) is 0 Å². The summed E-state index contributed by atoms with van der Waals surface area (Å²) in [6.45, 7) is 1.55. The molecule has 32 heavy (non-hydrogen) atoms. The number of ether oxygens (including phenoxy) is 1. The van der Waals surface area contributed by atoms with E-state index in [-0.39, 0.29) is 16.7 Å². The van der Waals surface area contributed by atoms with E-state index in [4.69, 9.17) is 4.74 Å². The van der Waals surface area contributed by atoms with E-state index in [9.17, 15) is 13.2 Å². The van der Waals surface area contributed by atoms with E-state index in [0.29, 0.717) is 37.1 Å². The van der Waals surface area contributed by atoms with Gasteiger partial charge in [0, 0.05) is 25.6 Å². The molecule has 1 aliphatic heterocycles. The first-order valence-corrected chi connectivity index (χ1v) is 13.7. The molecule has 0 atom stereocenters. The van der Waals surface area contributed by atoms with E-state index in [0.717, 1.165) is 30.7 Å². The van der Waals surface area contributed by atoms with Crippen LogP contribution in [-0.2, 0) is 14.8 Å². The van der Waals surface area contributed by atoms with Crippen LogP contribution in [0.25, 0.3) is 0 Å². The second kappa shape index (κ2) is 8.64. The standard InChI is InChI=1S/C25H36N2O4S/c1-31-22-2-4-23(5-3-22)32(29,30)27-10-6-21(7-11-27)24(28)26-9-8-25-15-18-12-19(16-25)14-20(13-18)17-25/h2-5,18-21H,6-17H2,1H3,(H,26,28). The van der Waals surface area contributed by atoms with Crippen molar-refractivity contribution < 1.29 is 17.9 Å². The zero-order chi connectivity index (χ0) is 22.3. The number of amides is 1. The maximum absolute atomic E-state index is 12.9. The third kappa shape index (κ3) is 4.30. The summed E-state index contributed by atoms with van der Waals surface area (Å²) in [7, 11) is -1.98. The van der Waals surface area contributed by atoms with Gasteiger partial charge in [0.15, 0.2) is 0 Å². The summed E-state index contributed by atoms with van der Waals surface area (Å²) in [4.78, 5) is 13.1. The van der Waals surface area contributed by atoms with Crippen LogP contribution in [0.4, 0.5) is 0 Å². The lowest BCUT2D eigenvalue weighted by Gasteiger charge is -2.57. The van der Waals surface area contributed by atoms with Gasteiger partial charge in [0.25, 0.3) is 0 Å². The predicted octanol–water partition coefficient (Wildman–Crippen LogP) is 3.82. The Morgan fingerprint density at radius 2 is 1.59 bits per heavy atom. The lowest BCUT2D eigenvalue weighted by Crippen LogP contribution is -2.48. The number of sulfonamides is 1. The van der Waals surface area contributed by atoms with Crippen LogP contribution in [-0.4, -0.2) is 45.4 Å². The predicted molar refractivity (Wildman–Crippen MR) is 123 cm³/mol. The lowest BCUT2D eigenvalue weighted by atomic mass is 9.49. The summed E-state index contributed by atoms with van der Waals surface area (Å²) >= 11 is 0. The molecule has 5 aliphatic rings. The van der Waals surface area contributed by atoms with Gasteiger partial charge in [-0.3, -0.25) is 4.79 Å². The molecule has 0 unspecified atom stereocenters. The fraction of sp³-hybridized carbons (Fsp3) is 0.720. The Morgan fingerprint density at radius 1 is 1.03 bits per heavy atom. The summed E-state index contributed by atoms with van der Waals surface area (Å²) in [6.07, 6.45) is 10.7. The van der Waals surface area contributed by atoms with Crippen LogP contribution in [0.15, 0.2) is 29.2 Å². The van der Waals surface area contributed by atoms with Crippen LogP contribution in [0.3, 0.4) is 0 Å². The highest BCUT2D eigenvalue weighted by molar-refractivity contribution is 7.89. The van der Waals surface area contributed by atoms with Gasteiger partial charge in [-0.25, -0.2) is 8.42 Å².